The number of rotatable bonds is 7. The van der Waals surface area contributed by atoms with E-state index in [0.29, 0.717) is 36.8 Å². The molecule has 0 unspecified atom stereocenters. The number of amides is 2. The van der Waals surface area contributed by atoms with Crippen molar-refractivity contribution in [3.8, 4) is 11.5 Å². The highest BCUT2D eigenvalue weighted by molar-refractivity contribution is 5.85. The highest BCUT2D eigenvalue weighted by Gasteiger charge is 2.41. The van der Waals surface area contributed by atoms with Gasteiger partial charge >= 0.3 is 0 Å². The monoisotopic (exact) mass is 360 g/mol. The average Bonchev–Trinajstić information content (AvgIpc) is 3.49. The number of carbonyl (C=O) groups excluding carboxylic acids is 2. The average molecular weight is 360 g/mol. The maximum Gasteiger partial charge on any atom is 0.225 e. The number of nitrogens with zero attached hydrogens (tertiary/aromatic N) is 1. The number of methoxy groups -OCH3 is 2. The zero-order valence-electron chi connectivity index (χ0n) is 15.8. The Balaban J connectivity index is 1.92. The van der Waals surface area contributed by atoms with Gasteiger partial charge in [0.1, 0.15) is 11.5 Å². The Kier molecular flexibility index (Phi) is 5.69. The molecule has 1 N–H and O–H groups in total. The van der Waals surface area contributed by atoms with Gasteiger partial charge in [-0.15, -0.1) is 0 Å². The van der Waals surface area contributed by atoms with Gasteiger partial charge in [-0.2, -0.15) is 0 Å². The third kappa shape index (κ3) is 3.79. The van der Waals surface area contributed by atoms with Gasteiger partial charge in [0.2, 0.25) is 11.8 Å². The number of piperidine rings is 1. The van der Waals surface area contributed by atoms with Crippen LogP contribution in [-0.2, 0) is 9.59 Å². The number of benzene rings is 1. The third-order valence-corrected chi connectivity index (χ3v) is 5.41. The molecule has 2 aliphatic rings. The number of hydrogen-bond donors (Lipinski definition) is 1. The second kappa shape index (κ2) is 7.98. The van der Waals surface area contributed by atoms with E-state index in [1.54, 1.807) is 25.2 Å². The minimum atomic E-state index is -0.318. The number of nitrogens with one attached hydrogen (secondary N) is 1. The number of hydrogen-bond acceptors (Lipinski definition) is 4. The normalized spacial score (nSPS) is 22.9. The fraction of sp³-hybridized carbons (Fsp3) is 0.600. The Labute approximate surface area is 154 Å². The lowest BCUT2D eigenvalue weighted by molar-refractivity contribution is -0.143. The third-order valence-electron chi connectivity index (χ3n) is 5.41. The zero-order valence-corrected chi connectivity index (χ0v) is 15.8. The second-order valence-corrected chi connectivity index (χ2v) is 7.07. The molecule has 3 rings (SSSR count). The summed E-state index contributed by atoms with van der Waals surface area (Å²) >= 11 is 0. The van der Waals surface area contributed by atoms with Gasteiger partial charge in [0.25, 0.3) is 0 Å². The fourth-order valence-electron chi connectivity index (χ4n) is 3.75. The van der Waals surface area contributed by atoms with Gasteiger partial charge in [0, 0.05) is 31.1 Å². The van der Waals surface area contributed by atoms with Gasteiger partial charge < -0.3 is 19.7 Å². The van der Waals surface area contributed by atoms with E-state index in [9.17, 15) is 9.59 Å². The van der Waals surface area contributed by atoms with Crippen molar-refractivity contribution < 1.29 is 19.1 Å². The first-order valence-electron chi connectivity index (χ1n) is 9.38. The van der Waals surface area contributed by atoms with Crippen LogP contribution in [0.2, 0.25) is 0 Å². The maximum absolute atomic E-state index is 12.9. The van der Waals surface area contributed by atoms with Crippen LogP contribution in [0.5, 0.6) is 11.5 Å². The SMILES string of the molecule is CCN1C(=O)CC[C@@H](C(=O)NCC2CC2)[C@@H]1c1ccc(OC)cc1OC. The van der Waals surface area contributed by atoms with Gasteiger partial charge in [0.05, 0.1) is 26.2 Å². The van der Waals surface area contributed by atoms with Crippen LogP contribution < -0.4 is 14.8 Å². The summed E-state index contributed by atoms with van der Waals surface area (Å²) in [5, 5.41) is 3.09. The highest BCUT2D eigenvalue weighted by atomic mass is 16.5. The summed E-state index contributed by atoms with van der Waals surface area (Å²) in [7, 11) is 3.20. The molecule has 6 heteroatoms. The summed E-state index contributed by atoms with van der Waals surface area (Å²) in [4.78, 5) is 27.2. The Morgan fingerprint density at radius 1 is 1.23 bits per heavy atom. The van der Waals surface area contributed by atoms with Crippen LogP contribution >= 0.6 is 0 Å². The maximum atomic E-state index is 12.9. The van der Waals surface area contributed by atoms with Gasteiger partial charge in [-0.25, -0.2) is 0 Å². The van der Waals surface area contributed by atoms with Crippen LogP contribution in [0.4, 0.5) is 0 Å². The molecule has 142 valence electrons. The van der Waals surface area contributed by atoms with E-state index in [2.05, 4.69) is 5.32 Å². The van der Waals surface area contributed by atoms with Crippen molar-refractivity contribution in [2.24, 2.45) is 11.8 Å². The van der Waals surface area contributed by atoms with Crippen molar-refractivity contribution >= 4 is 11.8 Å². The minimum absolute atomic E-state index is 0.0331. The smallest absolute Gasteiger partial charge is 0.225 e. The topological polar surface area (TPSA) is 67.9 Å². The molecule has 2 fully saturated rings. The van der Waals surface area contributed by atoms with Crippen LogP contribution in [-0.4, -0.2) is 44.0 Å². The Hall–Kier alpha value is -2.24. The van der Waals surface area contributed by atoms with Crippen LogP contribution in [0.15, 0.2) is 18.2 Å². The first kappa shape index (κ1) is 18.5. The zero-order chi connectivity index (χ0) is 18.7. The van der Waals surface area contributed by atoms with Crippen LogP contribution in [0, 0.1) is 11.8 Å². The second-order valence-electron chi connectivity index (χ2n) is 7.07. The highest BCUT2D eigenvalue weighted by Crippen LogP contribution is 2.42. The van der Waals surface area contributed by atoms with E-state index in [1.807, 2.05) is 19.1 Å². The van der Waals surface area contributed by atoms with Crippen molar-refractivity contribution in [1.29, 1.82) is 0 Å². The molecule has 1 heterocycles. The summed E-state index contributed by atoms with van der Waals surface area (Å²) in [5.74, 6) is 1.80. The molecule has 0 radical (unpaired) electrons. The molecule has 0 bridgehead atoms. The molecule has 2 amide bonds. The van der Waals surface area contributed by atoms with E-state index in [-0.39, 0.29) is 23.8 Å². The van der Waals surface area contributed by atoms with Gasteiger partial charge in [0.15, 0.2) is 0 Å². The number of ether oxygens (including phenoxy) is 2. The Morgan fingerprint density at radius 3 is 2.62 bits per heavy atom. The summed E-state index contributed by atoms with van der Waals surface area (Å²) in [6.45, 7) is 3.25. The molecule has 26 heavy (non-hydrogen) atoms. The quantitative estimate of drug-likeness (QED) is 0.811. The van der Waals surface area contributed by atoms with Crippen LogP contribution in [0.25, 0.3) is 0 Å². The van der Waals surface area contributed by atoms with Crippen molar-refractivity contribution in [1.82, 2.24) is 10.2 Å². The Bertz CT molecular complexity index is 672. The summed E-state index contributed by atoms with van der Waals surface area (Å²) in [6, 6.07) is 5.25. The predicted octanol–water partition coefficient (Wildman–Crippen LogP) is 2.53. The van der Waals surface area contributed by atoms with E-state index >= 15 is 0 Å². The van der Waals surface area contributed by atoms with Crippen molar-refractivity contribution in [3.63, 3.8) is 0 Å². The standard InChI is InChI=1S/C20H28N2O4/c1-4-22-18(23)10-9-16(20(24)21-12-13-5-6-13)19(22)15-8-7-14(25-2)11-17(15)26-3/h7-8,11,13,16,19H,4-6,9-10,12H2,1-3H3,(H,21,24)/t16-,19+/m1/s1. The summed E-state index contributed by atoms with van der Waals surface area (Å²) in [5.41, 5.74) is 0.856. The van der Waals surface area contributed by atoms with Gasteiger partial charge in [-0.05, 0) is 44.2 Å². The Morgan fingerprint density at radius 2 is 2.00 bits per heavy atom. The molecule has 2 atom stereocenters. The minimum Gasteiger partial charge on any atom is -0.497 e. The molecular formula is C20H28N2O4. The van der Waals surface area contributed by atoms with Crippen molar-refractivity contribution in [3.05, 3.63) is 23.8 Å². The van der Waals surface area contributed by atoms with Gasteiger partial charge in [-0.1, -0.05) is 0 Å². The predicted molar refractivity (Wildman–Crippen MR) is 98.1 cm³/mol. The van der Waals surface area contributed by atoms with Crippen LogP contribution in [0.1, 0.15) is 44.2 Å². The first-order chi connectivity index (χ1) is 12.6. The van der Waals surface area contributed by atoms with E-state index in [4.69, 9.17) is 9.47 Å². The number of likely N-dealkylation sites (tertiary alicyclic amines) is 1. The number of carbonyl (C=O) groups is 2. The van der Waals surface area contributed by atoms with Gasteiger partial charge in [-0.3, -0.25) is 9.59 Å². The fourth-order valence-corrected chi connectivity index (χ4v) is 3.75. The lowest BCUT2D eigenvalue weighted by Gasteiger charge is -2.40. The molecule has 1 aromatic carbocycles. The summed E-state index contributed by atoms with van der Waals surface area (Å²) in [6.07, 6.45) is 3.36. The van der Waals surface area contributed by atoms with Crippen molar-refractivity contribution in [2.45, 2.75) is 38.6 Å². The van der Waals surface area contributed by atoms with E-state index < -0.39 is 0 Å². The van der Waals surface area contributed by atoms with E-state index in [0.717, 1.165) is 12.1 Å². The van der Waals surface area contributed by atoms with Crippen molar-refractivity contribution in [2.75, 3.05) is 27.3 Å². The molecule has 1 saturated carbocycles. The van der Waals surface area contributed by atoms with Crippen LogP contribution in [0.3, 0.4) is 0 Å². The lowest BCUT2D eigenvalue weighted by Crippen LogP contribution is -2.48. The largest absolute Gasteiger partial charge is 0.497 e. The molecule has 0 spiro atoms. The molecule has 6 nitrogen and oxygen atoms in total. The first-order valence-corrected chi connectivity index (χ1v) is 9.38. The molecule has 0 aromatic heterocycles. The molecule has 1 aliphatic heterocycles. The lowest BCUT2D eigenvalue weighted by atomic mass is 9.83. The molecular weight excluding hydrogens is 332 g/mol. The molecule has 1 aromatic rings. The summed E-state index contributed by atoms with van der Waals surface area (Å²) < 4.78 is 10.8. The van der Waals surface area contributed by atoms with E-state index in [1.165, 1.54) is 12.8 Å². The molecule has 1 aliphatic carbocycles. The molecule has 1 saturated heterocycles.